The quantitative estimate of drug-likeness (QED) is 0.571. The summed E-state index contributed by atoms with van der Waals surface area (Å²) in [6, 6.07) is 7.58. The smallest absolute Gasteiger partial charge is 0.275 e. The first-order valence-corrected chi connectivity index (χ1v) is 9.35. The molecule has 1 aromatic rings. The molecule has 0 fully saturated rings. The fourth-order valence-electron chi connectivity index (χ4n) is 2.29. The molecule has 0 aliphatic carbocycles. The van der Waals surface area contributed by atoms with E-state index in [1.807, 2.05) is 24.3 Å². The summed E-state index contributed by atoms with van der Waals surface area (Å²) in [7, 11) is -9.07. The average molecular weight is 334 g/mol. The zero-order valence-corrected chi connectivity index (χ0v) is 12.7. The molecule has 0 spiro atoms. The van der Waals surface area contributed by atoms with Crippen LogP contribution in [0.25, 0.3) is 0 Å². The molecular formula is C12H16NO6S2+. The van der Waals surface area contributed by atoms with Gasteiger partial charge in [-0.15, -0.1) is 0 Å². The molecule has 0 saturated carbocycles. The van der Waals surface area contributed by atoms with Crippen molar-refractivity contribution in [1.82, 2.24) is 0 Å². The van der Waals surface area contributed by atoms with Crippen LogP contribution in [0.1, 0.15) is 11.1 Å². The second kappa shape index (κ2) is 5.84. The maximum atomic E-state index is 11.3. The van der Waals surface area contributed by atoms with Crippen molar-refractivity contribution in [3.8, 4) is 0 Å². The lowest BCUT2D eigenvalue weighted by Crippen LogP contribution is -2.39. The number of benzene rings is 1. The van der Waals surface area contributed by atoms with E-state index in [4.69, 9.17) is 9.11 Å². The Hall–Kier alpha value is -1.29. The van der Waals surface area contributed by atoms with E-state index < -0.39 is 31.2 Å². The zero-order valence-electron chi connectivity index (χ0n) is 11.1. The molecule has 1 aromatic carbocycles. The Labute approximate surface area is 123 Å². The Bertz CT molecular complexity index is 767. The van der Waals surface area contributed by atoms with Crippen LogP contribution in [0.2, 0.25) is 0 Å². The summed E-state index contributed by atoms with van der Waals surface area (Å²) in [5, 5.41) is -1.59. The highest BCUT2D eigenvalue weighted by molar-refractivity contribution is 7.90. The minimum absolute atomic E-state index is 0.201. The highest BCUT2D eigenvalue weighted by Crippen LogP contribution is 2.12. The first-order chi connectivity index (χ1) is 9.65. The molecule has 0 saturated heterocycles. The van der Waals surface area contributed by atoms with E-state index in [1.165, 1.54) is 0 Å². The fraction of sp³-hybridized carbons (Fsp3) is 0.417. The van der Waals surface area contributed by atoms with Crippen LogP contribution < -0.4 is 0 Å². The Morgan fingerprint density at radius 3 is 2.43 bits per heavy atom. The molecule has 1 aliphatic heterocycles. The lowest BCUT2D eigenvalue weighted by Gasteiger charge is -2.15. The first kappa shape index (κ1) is 16.1. The molecule has 116 valence electrons. The number of rotatable bonds is 5. The summed E-state index contributed by atoms with van der Waals surface area (Å²) in [5.41, 5.74) is 2.04. The molecule has 2 rings (SSSR count). The molecule has 0 bridgehead atoms. The third-order valence-corrected chi connectivity index (χ3v) is 5.49. The van der Waals surface area contributed by atoms with E-state index in [0.717, 1.165) is 11.1 Å². The summed E-state index contributed by atoms with van der Waals surface area (Å²) >= 11 is 0. The van der Waals surface area contributed by atoms with Crippen LogP contribution in [0, 0.1) is 0 Å². The van der Waals surface area contributed by atoms with Gasteiger partial charge in [0.05, 0.1) is 0 Å². The van der Waals surface area contributed by atoms with Crippen LogP contribution in [0.3, 0.4) is 0 Å². The summed E-state index contributed by atoms with van der Waals surface area (Å²) in [6.07, 6.45) is 2.41. The molecule has 1 heterocycles. The van der Waals surface area contributed by atoms with Crippen molar-refractivity contribution in [2.24, 2.45) is 0 Å². The van der Waals surface area contributed by atoms with Gasteiger partial charge < -0.3 is 0 Å². The maximum absolute atomic E-state index is 11.3. The predicted octanol–water partition coefficient (Wildman–Crippen LogP) is -0.182. The lowest BCUT2D eigenvalue weighted by molar-refractivity contribution is -0.523. The average Bonchev–Trinajstić information content (AvgIpc) is 2.35. The third-order valence-electron chi connectivity index (χ3n) is 3.30. The SMILES string of the molecule is O=S(=O)(O)CC(C[N+]1=Cc2ccccc2CC1)S(=O)(=O)O. The second-order valence-corrected chi connectivity index (χ2v) is 8.15. The molecule has 1 aliphatic rings. The van der Waals surface area contributed by atoms with Gasteiger partial charge in [0, 0.05) is 12.0 Å². The molecule has 2 N–H and O–H groups in total. The maximum Gasteiger partial charge on any atom is 0.275 e. The van der Waals surface area contributed by atoms with Crippen LogP contribution in [-0.2, 0) is 26.7 Å². The van der Waals surface area contributed by atoms with Gasteiger partial charge in [0.25, 0.3) is 20.2 Å². The number of hydrogen-bond donors (Lipinski definition) is 2. The molecular weight excluding hydrogens is 318 g/mol. The molecule has 21 heavy (non-hydrogen) atoms. The molecule has 1 unspecified atom stereocenters. The van der Waals surface area contributed by atoms with Crippen molar-refractivity contribution in [3.63, 3.8) is 0 Å². The zero-order chi connectivity index (χ0) is 15.7. The van der Waals surface area contributed by atoms with Gasteiger partial charge in [-0.05, 0) is 11.6 Å². The van der Waals surface area contributed by atoms with Crippen molar-refractivity contribution in [2.45, 2.75) is 11.7 Å². The molecule has 7 nitrogen and oxygen atoms in total. The number of nitrogens with zero attached hydrogens (tertiary/aromatic N) is 1. The molecule has 9 heteroatoms. The second-order valence-electron chi connectivity index (χ2n) is 4.96. The van der Waals surface area contributed by atoms with Crippen molar-refractivity contribution < 1.29 is 30.5 Å². The molecule has 0 radical (unpaired) electrons. The van der Waals surface area contributed by atoms with Gasteiger partial charge in [0.1, 0.15) is 12.3 Å². The van der Waals surface area contributed by atoms with E-state index >= 15 is 0 Å². The Morgan fingerprint density at radius 1 is 1.14 bits per heavy atom. The van der Waals surface area contributed by atoms with Crippen LogP contribution in [-0.4, -0.2) is 60.8 Å². The van der Waals surface area contributed by atoms with E-state index in [-0.39, 0.29) is 6.54 Å². The Kier molecular flexibility index (Phi) is 4.47. The highest BCUT2D eigenvalue weighted by Gasteiger charge is 2.33. The molecule has 0 amide bonds. The van der Waals surface area contributed by atoms with E-state index in [9.17, 15) is 16.8 Å². The lowest BCUT2D eigenvalue weighted by atomic mass is 10.0. The van der Waals surface area contributed by atoms with Crippen LogP contribution in [0.5, 0.6) is 0 Å². The van der Waals surface area contributed by atoms with Gasteiger partial charge in [0.2, 0.25) is 0 Å². The monoisotopic (exact) mass is 334 g/mol. The summed E-state index contributed by atoms with van der Waals surface area (Å²) in [5.74, 6) is -1.03. The minimum Gasteiger partial charge on any atom is -0.286 e. The standard InChI is InChI=1S/C12H15NO6S2/c14-20(15,16)9-12(21(17,18)19)8-13-6-5-10-3-1-2-4-11(10)7-13/h1-4,7,12H,5-6,8-9H2,(H-,14,15,16,17,18,19)/p+1. The van der Waals surface area contributed by atoms with Gasteiger partial charge in [0.15, 0.2) is 18.0 Å². The van der Waals surface area contributed by atoms with Crippen molar-refractivity contribution in [2.75, 3.05) is 18.8 Å². The Morgan fingerprint density at radius 2 is 1.81 bits per heavy atom. The van der Waals surface area contributed by atoms with Gasteiger partial charge >= 0.3 is 0 Å². The summed E-state index contributed by atoms with van der Waals surface area (Å²) in [6.45, 7) is 0.307. The van der Waals surface area contributed by atoms with E-state index in [2.05, 4.69) is 0 Å². The van der Waals surface area contributed by atoms with Crippen molar-refractivity contribution >= 4 is 26.5 Å². The minimum atomic E-state index is -4.58. The van der Waals surface area contributed by atoms with E-state index in [0.29, 0.717) is 13.0 Å². The van der Waals surface area contributed by atoms with Gasteiger partial charge in [-0.3, -0.25) is 9.11 Å². The topological polar surface area (TPSA) is 112 Å². The predicted molar refractivity (Wildman–Crippen MR) is 77.1 cm³/mol. The van der Waals surface area contributed by atoms with E-state index in [1.54, 1.807) is 10.8 Å². The molecule has 1 atom stereocenters. The Balaban J connectivity index is 2.25. The van der Waals surface area contributed by atoms with Gasteiger partial charge in [-0.2, -0.15) is 16.8 Å². The molecule has 0 aromatic heterocycles. The van der Waals surface area contributed by atoms with Gasteiger partial charge in [-0.25, -0.2) is 4.58 Å². The van der Waals surface area contributed by atoms with Crippen molar-refractivity contribution in [1.29, 1.82) is 0 Å². The normalized spacial score (nSPS) is 17.0. The van der Waals surface area contributed by atoms with Crippen molar-refractivity contribution in [3.05, 3.63) is 35.4 Å². The summed E-state index contributed by atoms with van der Waals surface area (Å²) < 4.78 is 63.9. The largest absolute Gasteiger partial charge is 0.286 e. The van der Waals surface area contributed by atoms with Crippen LogP contribution >= 0.6 is 0 Å². The van der Waals surface area contributed by atoms with Crippen LogP contribution in [0.15, 0.2) is 24.3 Å². The van der Waals surface area contributed by atoms with Gasteiger partial charge in [-0.1, -0.05) is 18.2 Å². The highest BCUT2D eigenvalue weighted by atomic mass is 32.2. The van der Waals surface area contributed by atoms with Crippen LogP contribution in [0.4, 0.5) is 0 Å². The third kappa shape index (κ3) is 4.60. The number of hydrogen-bond acceptors (Lipinski definition) is 4. The first-order valence-electron chi connectivity index (χ1n) is 6.23. The number of fused-ring (bicyclic) bond motifs is 1. The fourth-order valence-corrected chi connectivity index (χ4v) is 4.45. The summed E-state index contributed by atoms with van der Waals surface area (Å²) in [4.78, 5) is 0.